The normalized spacial score (nSPS) is 11.7. The highest BCUT2D eigenvalue weighted by atomic mass is 79.9. The highest BCUT2D eigenvalue weighted by Crippen LogP contribution is 2.31. The number of pyridine rings is 1. The summed E-state index contributed by atoms with van der Waals surface area (Å²) in [6, 6.07) is 6.12. The molecule has 0 aliphatic rings. The van der Waals surface area contributed by atoms with E-state index in [2.05, 4.69) is 26.2 Å². The van der Waals surface area contributed by atoms with Crippen LogP contribution in [0.25, 0.3) is 5.65 Å². The van der Waals surface area contributed by atoms with Crippen molar-refractivity contribution in [3.05, 3.63) is 58.3 Å². The van der Waals surface area contributed by atoms with E-state index in [1.54, 1.807) is 28.9 Å². The Morgan fingerprint density at radius 3 is 2.62 bits per heavy atom. The van der Waals surface area contributed by atoms with Crippen LogP contribution in [0.1, 0.15) is 15.9 Å². The molecular weight excluding hydrogens is 389 g/mol. The van der Waals surface area contributed by atoms with Gasteiger partial charge in [0.25, 0.3) is 5.91 Å². The van der Waals surface area contributed by atoms with Crippen LogP contribution in [0, 0.1) is 0 Å². The van der Waals surface area contributed by atoms with Gasteiger partial charge in [-0.05, 0) is 46.3 Å². The number of alkyl halides is 3. The Labute approximate surface area is 142 Å². The summed E-state index contributed by atoms with van der Waals surface area (Å²) in [4.78, 5) is 16.4. The Morgan fingerprint density at radius 2 is 1.96 bits per heavy atom. The average Bonchev–Trinajstić information content (AvgIpc) is 2.87. The maximum Gasteiger partial charge on any atom is 0.416 e. The van der Waals surface area contributed by atoms with Crippen molar-refractivity contribution in [1.82, 2.24) is 9.38 Å². The van der Waals surface area contributed by atoms with Gasteiger partial charge in [0.15, 0.2) is 5.82 Å². The molecule has 124 valence electrons. The predicted octanol–water partition coefficient (Wildman–Crippen LogP) is 3.95. The number of nitrogens with two attached hydrogens (primary N) is 1. The van der Waals surface area contributed by atoms with E-state index in [0.717, 1.165) is 22.7 Å². The number of carbonyl (C=O) groups excluding carboxylic acids is 1. The Hall–Kier alpha value is -2.55. The molecule has 0 atom stereocenters. The van der Waals surface area contributed by atoms with Crippen LogP contribution >= 0.6 is 15.9 Å². The van der Waals surface area contributed by atoms with Crippen molar-refractivity contribution in [2.75, 3.05) is 11.1 Å². The highest BCUT2D eigenvalue weighted by molar-refractivity contribution is 9.10. The first kappa shape index (κ1) is 16.3. The van der Waals surface area contributed by atoms with E-state index < -0.39 is 17.6 Å². The molecule has 0 unspecified atom stereocenters. The van der Waals surface area contributed by atoms with Gasteiger partial charge < -0.3 is 15.5 Å². The molecule has 0 radical (unpaired) electrons. The molecule has 0 fully saturated rings. The van der Waals surface area contributed by atoms with Gasteiger partial charge in [-0.3, -0.25) is 4.79 Å². The summed E-state index contributed by atoms with van der Waals surface area (Å²) in [7, 11) is 0. The van der Waals surface area contributed by atoms with Crippen molar-refractivity contribution < 1.29 is 18.0 Å². The number of hydrogen-bond acceptors (Lipinski definition) is 3. The first-order valence-electron chi connectivity index (χ1n) is 6.66. The van der Waals surface area contributed by atoms with Gasteiger partial charge >= 0.3 is 6.18 Å². The minimum absolute atomic E-state index is 0.0544. The maximum atomic E-state index is 12.6. The number of aromatic nitrogens is 2. The summed E-state index contributed by atoms with van der Waals surface area (Å²) in [6.45, 7) is 0. The number of halogens is 4. The summed E-state index contributed by atoms with van der Waals surface area (Å²) in [5.74, 6) is -0.374. The van der Waals surface area contributed by atoms with Crippen LogP contribution in [0.3, 0.4) is 0 Å². The fourth-order valence-corrected chi connectivity index (χ4v) is 2.51. The van der Waals surface area contributed by atoms with Crippen LogP contribution in [0.4, 0.5) is 24.7 Å². The number of hydrogen-bond donors (Lipinski definition) is 2. The zero-order valence-electron chi connectivity index (χ0n) is 11.9. The summed E-state index contributed by atoms with van der Waals surface area (Å²) in [5, 5.41) is 2.52. The van der Waals surface area contributed by atoms with Crippen molar-refractivity contribution in [3.63, 3.8) is 0 Å². The van der Waals surface area contributed by atoms with Gasteiger partial charge in [0.1, 0.15) is 5.65 Å². The zero-order valence-corrected chi connectivity index (χ0v) is 13.5. The first-order chi connectivity index (χ1) is 11.2. The number of amides is 1. The second kappa shape index (κ2) is 5.82. The van der Waals surface area contributed by atoms with Crippen LogP contribution < -0.4 is 11.1 Å². The van der Waals surface area contributed by atoms with E-state index in [4.69, 9.17) is 5.73 Å². The number of carbonyl (C=O) groups is 1. The molecule has 3 N–H and O–H groups in total. The molecule has 0 saturated carbocycles. The van der Waals surface area contributed by atoms with Gasteiger partial charge in [0, 0.05) is 16.4 Å². The van der Waals surface area contributed by atoms with Crippen LogP contribution in [-0.2, 0) is 6.18 Å². The average molecular weight is 399 g/mol. The molecule has 9 heteroatoms. The lowest BCUT2D eigenvalue weighted by Gasteiger charge is -2.10. The Bertz CT molecular complexity index is 936. The Morgan fingerprint density at radius 1 is 1.21 bits per heavy atom. The van der Waals surface area contributed by atoms with E-state index >= 15 is 0 Å². The SMILES string of the molecule is Nc1cc(C(F)(F)F)ccc1C(=O)Nc1cn2cc(Br)ccc2n1. The smallest absolute Gasteiger partial charge is 0.398 e. The van der Waals surface area contributed by atoms with E-state index in [9.17, 15) is 18.0 Å². The van der Waals surface area contributed by atoms with Gasteiger partial charge in [0.2, 0.25) is 0 Å². The summed E-state index contributed by atoms with van der Waals surface area (Å²) in [5.41, 5.74) is 4.96. The molecular formula is C15H10BrF3N4O. The molecule has 5 nitrogen and oxygen atoms in total. The van der Waals surface area contributed by atoms with Gasteiger partial charge in [-0.2, -0.15) is 13.2 Å². The monoisotopic (exact) mass is 398 g/mol. The zero-order chi connectivity index (χ0) is 17.5. The maximum absolute atomic E-state index is 12.6. The van der Waals surface area contributed by atoms with Gasteiger partial charge in [-0.1, -0.05) is 0 Å². The van der Waals surface area contributed by atoms with Crippen molar-refractivity contribution in [2.24, 2.45) is 0 Å². The third-order valence-corrected chi connectivity index (χ3v) is 3.75. The number of benzene rings is 1. The Balaban J connectivity index is 1.86. The van der Waals surface area contributed by atoms with Crippen molar-refractivity contribution in [3.8, 4) is 0 Å². The quantitative estimate of drug-likeness (QED) is 0.641. The van der Waals surface area contributed by atoms with Crippen molar-refractivity contribution in [2.45, 2.75) is 6.18 Å². The lowest BCUT2D eigenvalue weighted by atomic mass is 10.1. The van der Waals surface area contributed by atoms with E-state index in [0.29, 0.717) is 5.65 Å². The lowest BCUT2D eigenvalue weighted by molar-refractivity contribution is -0.137. The molecule has 24 heavy (non-hydrogen) atoms. The molecule has 2 aromatic heterocycles. The summed E-state index contributed by atoms with van der Waals surface area (Å²) in [6.07, 6.45) is -1.18. The molecule has 0 aliphatic carbocycles. The number of imidazole rings is 1. The molecule has 3 aromatic rings. The molecule has 0 aliphatic heterocycles. The number of rotatable bonds is 2. The standard InChI is InChI=1S/C15H10BrF3N4O/c16-9-2-4-13-21-12(7-23(13)6-9)22-14(24)10-3-1-8(5-11(10)20)15(17,18)19/h1-7H,20H2,(H,22,24). The summed E-state index contributed by atoms with van der Waals surface area (Å²) >= 11 is 3.32. The molecule has 3 rings (SSSR count). The van der Waals surface area contributed by atoms with E-state index in [-0.39, 0.29) is 17.1 Å². The van der Waals surface area contributed by atoms with E-state index in [1.165, 1.54) is 0 Å². The van der Waals surface area contributed by atoms with Crippen molar-refractivity contribution >= 4 is 39.0 Å². The topological polar surface area (TPSA) is 72.4 Å². The molecule has 1 amide bonds. The molecule has 0 saturated heterocycles. The molecule has 2 heterocycles. The second-order valence-electron chi connectivity index (χ2n) is 4.99. The second-order valence-corrected chi connectivity index (χ2v) is 5.91. The fourth-order valence-electron chi connectivity index (χ4n) is 2.15. The van der Waals surface area contributed by atoms with Crippen LogP contribution in [-0.4, -0.2) is 15.3 Å². The number of nitrogens with zero attached hydrogens (tertiary/aromatic N) is 2. The van der Waals surface area contributed by atoms with Gasteiger partial charge in [-0.15, -0.1) is 0 Å². The number of fused-ring (bicyclic) bond motifs is 1. The van der Waals surface area contributed by atoms with Crippen molar-refractivity contribution in [1.29, 1.82) is 0 Å². The van der Waals surface area contributed by atoms with Gasteiger partial charge in [-0.25, -0.2) is 4.98 Å². The minimum atomic E-state index is -4.52. The predicted molar refractivity (Wildman–Crippen MR) is 86.7 cm³/mol. The number of nitrogen functional groups attached to an aromatic ring is 1. The van der Waals surface area contributed by atoms with Crippen LogP contribution in [0.2, 0.25) is 0 Å². The molecule has 0 bridgehead atoms. The minimum Gasteiger partial charge on any atom is -0.398 e. The third kappa shape index (κ3) is 3.21. The summed E-state index contributed by atoms with van der Waals surface area (Å²) < 4.78 is 40.4. The van der Waals surface area contributed by atoms with Gasteiger partial charge in [0.05, 0.1) is 17.3 Å². The highest BCUT2D eigenvalue weighted by Gasteiger charge is 2.31. The first-order valence-corrected chi connectivity index (χ1v) is 7.46. The molecule has 0 spiro atoms. The van der Waals surface area contributed by atoms with Crippen LogP contribution in [0.15, 0.2) is 47.2 Å². The third-order valence-electron chi connectivity index (χ3n) is 3.28. The number of nitrogens with one attached hydrogen (secondary N) is 1. The van der Waals surface area contributed by atoms with E-state index in [1.807, 2.05) is 0 Å². The van der Waals surface area contributed by atoms with Crippen LogP contribution in [0.5, 0.6) is 0 Å². The largest absolute Gasteiger partial charge is 0.416 e. The lowest BCUT2D eigenvalue weighted by Crippen LogP contribution is -2.15. The Kier molecular flexibility index (Phi) is 3.96. The number of anilines is 2. The fraction of sp³-hybridized carbons (Fsp3) is 0.0667. The molecule has 1 aromatic carbocycles.